The average Bonchev–Trinajstić information content (AvgIpc) is 2.58. The van der Waals surface area contributed by atoms with Gasteiger partial charge in [0.15, 0.2) is 5.66 Å². The molecule has 1 aromatic rings. The fraction of sp³-hybridized carbons (Fsp3) is 0.500. The molecule has 0 atom stereocenters. The number of para-hydroxylation sites is 1. The number of nitrogens with two attached hydrogens (primary N) is 2. The standard InChI is InChI=1S/C16H23N5O3.BrH/c17-14-19-15(18)21(16(20-14)7-11-22-12-8-16)24-10-4-9-23-13-5-2-1-3-6-13;/h1-3,5-6H,4,7-12H2,(H4,17,18,19,20);1H. The molecule has 1 aromatic carbocycles. The zero-order chi connectivity index (χ0) is 16.8. The Kier molecular flexibility index (Phi) is 7.03. The quantitative estimate of drug-likeness (QED) is 0.682. The Labute approximate surface area is 157 Å². The number of rotatable bonds is 6. The van der Waals surface area contributed by atoms with Gasteiger partial charge in [-0.15, -0.1) is 17.0 Å². The van der Waals surface area contributed by atoms with E-state index in [2.05, 4.69) is 9.98 Å². The Morgan fingerprint density at radius 1 is 1.12 bits per heavy atom. The number of benzene rings is 1. The number of guanidine groups is 2. The van der Waals surface area contributed by atoms with Crippen LogP contribution in [0.4, 0.5) is 0 Å². The molecule has 4 N–H and O–H groups in total. The number of ether oxygens (including phenoxy) is 2. The molecule has 9 heteroatoms. The first-order valence-electron chi connectivity index (χ1n) is 8.08. The minimum absolute atomic E-state index is 0. The van der Waals surface area contributed by atoms with E-state index < -0.39 is 5.66 Å². The molecule has 1 fully saturated rings. The summed E-state index contributed by atoms with van der Waals surface area (Å²) in [6.07, 6.45) is 2.03. The summed E-state index contributed by atoms with van der Waals surface area (Å²) in [5.74, 6) is 1.25. The molecule has 2 aliphatic heterocycles. The molecule has 0 bridgehead atoms. The third-order valence-corrected chi connectivity index (χ3v) is 3.95. The van der Waals surface area contributed by atoms with Gasteiger partial charge < -0.3 is 20.9 Å². The maximum absolute atomic E-state index is 6.00. The lowest BCUT2D eigenvalue weighted by atomic mass is 10.0. The normalized spacial score (nSPS) is 19.0. The van der Waals surface area contributed by atoms with E-state index in [4.69, 9.17) is 25.8 Å². The van der Waals surface area contributed by atoms with Crippen molar-refractivity contribution in [1.82, 2.24) is 5.06 Å². The Hall–Kier alpha value is -1.84. The third-order valence-electron chi connectivity index (χ3n) is 3.95. The number of halogens is 1. The Bertz CT molecular complexity index is 605. The van der Waals surface area contributed by atoms with Crippen LogP contribution in [0.2, 0.25) is 0 Å². The van der Waals surface area contributed by atoms with Crippen molar-refractivity contribution in [2.45, 2.75) is 24.9 Å². The lowest BCUT2D eigenvalue weighted by Gasteiger charge is -2.43. The van der Waals surface area contributed by atoms with Crippen LogP contribution in [0, 0.1) is 0 Å². The van der Waals surface area contributed by atoms with Gasteiger partial charge in [-0.2, -0.15) is 10.1 Å². The van der Waals surface area contributed by atoms with E-state index in [1.54, 1.807) is 5.06 Å². The molecular weight excluding hydrogens is 390 g/mol. The van der Waals surface area contributed by atoms with Gasteiger partial charge in [0.2, 0.25) is 11.9 Å². The van der Waals surface area contributed by atoms with Crippen molar-refractivity contribution in [3.8, 4) is 5.75 Å². The molecule has 0 unspecified atom stereocenters. The van der Waals surface area contributed by atoms with Crippen molar-refractivity contribution >= 4 is 28.9 Å². The molecule has 0 radical (unpaired) electrons. The van der Waals surface area contributed by atoms with Crippen LogP contribution in [-0.2, 0) is 9.57 Å². The van der Waals surface area contributed by atoms with Crippen molar-refractivity contribution in [1.29, 1.82) is 0 Å². The van der Waals surface area contributed by atoms with Gasteiger partial charge in [0, 0.05) is 19.3 Å². The zero-order valence-corrected chi connectivity index (χ0v) is 15.7. The summed E-state index contributed by atoms with van der Waals surface area (Å²) in [7, 11) is 0. The molecule has 25 heavy (non-hydrogen) atoms. The minimum Gasteiger partial charge on any atom is -0.494 e. The van der Waals surface area contributed by atoms with Gasteiger partial charge in [0.05, 0.1) is 26.4 Å². The number of nitrogens with zero attached hydrogens (tertiary/aromatic N) is 3. The molecular formula is C16H24BrN5O3. The molecule has 0 aliphatic carbocycles. The summed E-state index contributed by atoms with van der Waals surface area (Å²) >= 11 is 0. The average molecular weight is 414 g/mol. The van der Waals surface area contributed by atoms with Crippen LogP contribution in [-0.4, -0.2) is 49.1 Å². The molecule has 2 heterocycles. The van der Waals surface area contributed by atoms with Crippen LogP contribution < -0.4 is 16.2 Å². The van der Waals surface area contributed by atoms with E-state index in [0.29, 0.717) is 45.7 Å². The smallest absolute Gasteiger partial charge is 0.226 e. The molecule has 1 spiro atoms. The second-order valence-corrected chi connectivity index (χ2v) is 5.68. The topological polar surface area (TPSA) is 108 Å². The lowest BCUT2D eigenvalue weighted by molar-refractivity contribution is -0.190. The van der Waals surface area contributed by atoms with Crippen LogP contribution in [0.25, 0.3) is 0 Å². The Morgan fingerprint density at radius 3 is 2.56 bits per heavy atom. The zero-order valence-electron chi connectivity index (χ0n) is 14.0. The predicted molar refractivity (Wildman–Crippen MR) is 101 cm³/mol. The van der Waals surface area contributed by atoms with Crippen molar-refractivity contribution < 1.29 is 14.3 Å². The first kappa shape index (κ1) is 19.5. The maximum atomic E-state index is 6.00. The SMILES string of the molecule is Br.NC1=NC2(CCOCC2)N(OCCCOc2ccccc2)C(N)=N1. The van der Waals surface area contributed by atoms with E-state index in [9.17, 15) is 0 Å². The monoisotopic (exact) mass is 413 g/mol. The van der Waals surface area contributed by atoms with Crippen molar-refractivity contribution in [2.75, 3.05) is 26.4 Å². The number of hydroxylamine groups is 2. The van der Waals surface area contributed by atoms with Gasteiger partial charge >= 0.3 is 0 Å². The molecule has 0 aromatic heterocycles. The lowest BCUT2D eigenvalue weighted by Crippen LogP contribution is -2.59. The van der Waals surface area contributed by atoms with E-state index in [0.717, 1.165) is 5.75 Å². The van der Waals surface area contributed by atoms with Gasteiger partial charge in [0.1, 0.15) is 5.75 Å². The van der Waals surface area contributed by atoms with Crippen molar-refractivity contribution in [2.24, 2.45) is 21.5 Å². The van der Waals surface area contributed by atoms with E-state index in [1.165, 1.54) is 0 Å². The summed E-state index contributed by atoms with van der Waals surface area (Å²) in [6.45, 7) is 2.17. The first-order chi connectivity index (χ1) is 11.7. The predicted octanol–water partition coefficient (Wildman–Crippen LogP) is 1.42. The van der Waals surface area contributed by atoms with Gasteiger partial charge in [-0.3, -0.25) is 4.84 Å². The molecule has 138 valence electrons. The Morgan fingerprint density at radius 2 is 1.84 bits per heavy atom. The number of hydrogen-bond donors (Lipinski definition) is 2. The summed E-state index contributed by atoms with van der Waals surface area (Å²) in [5, 5.41) is 1.58. The summed E-state index contributed by atoms with van der Waals surface area (Å²) in [5.41, 5.74) is 11.2. The van der Waals surface area contributed by atoms with E-state index >= 15 is 0 Å². The van der Waals surface area contributed by atoms with Crippen LogP contribution >= 0.6 is 17.0 Å². The van der Waals surface area contributed by atoms with Crippen molar-refractivity contribution in [3.63, 3.8) is 0 Å². The summed E-state index contributed by atoms with van der Waals surface area (Å²) in [4.78, 5) is 14.3. The molecule has 0 saturated carbocycles. The largest absolute Gasteiger partial charge is 0.494 e. The van der Waals surface area contributed by atoms with Crippen molar-refractivity contribution in [3.05, 3.63) is 30.3 Å². The molecule has 3 rings (SSSR count). The highest BCUT2D eigenvalue weighted by Crippen LogP contribution is 2.31. The first-order valence-corrected chi connectivity index (χ1v) is 8.08. The third kappa shape index (κ3) is 4.83. The Balaban J connectivity index is 0.00000225. The summed E-state index contributed by atoms with van der Waals surface area (Å²) < 4.78 is 11.1. The highest BCUT2D eigenvalue weighted by Gasteiger charge is 2.43. The van der Waals surface area contributed by atoms with Crippen LogP contribution in [0.3, 0.4) is 0 Å². The minimum atomic E-state index is -0.617. The van der Waals surface area contributed by atoms with Crippen LogP contribution in [0.1, 0.15) is 19.3 Å². The van der Waals surface area contributed by atoms with E-state index in [1.807, 2.05) is 30.3 Å². The maximum Gasteiger partial charge on any atom is 0.226 e. The van der Waals surface area contributed by atoms with Crippen LogP contribution in [0.5, 0.6) is 5.75 Å². The number of hydrogen-bond acceptors (Lipinski definition) is 8. The van der Waals surface area contributed by atoms with Gasteiger partial charge in [-0.25, -0.2) is 4.99 Å². The van der Waals surface area contributed by atoms with Gasteiger partial charge in [-0.1, -0.05) is 18.2 Å². The molecule has 8 nitrogen and oxygen atoms in total. The molecule has 2 aliphatic rings. The van der Waals surface area contributed by atoms with Crippen LogP contribution in [0.15, 0.2) is 40.3 Å². The fourth-order valence-electron chi connectivity index (χ4n) is 2.78. The number of aliphatic imine (C=N–C) groups is 2. The summed E-state index contributed by atoms with van der Waals surface area (Å²) in [6, 6.07) is 9.67. The van der Waals surface area contributed by atoms with E-state index in [-0.39, 0.29) is 28.9 Å². The highest BCUT2D eigenvalue weighted by molar-refractivity contribution is 8.93. The molecule has 0 amide bonds. The highest BCUT2D eigenvalue weighted by atomic mass is 79.9. The van der Waals surface area contributed by atoms with Gasteiger partial charge in [-0.05, 0) is 12.1 Å². The second kappa shape index (κ2) is 9.02. The van der Waals surface area contributed by atoms with Gasteiger partial charge in [0.25, 0.3) is 0 Å². The molecule has 1 saturated heterocycles. The second-order valence-electron chi connectivity index (χ2n) is 5.68. The fourth-order valence-corrected chi connectivity index (χ4v) is 2.78.